The van der Waals surface area contributed by atoms with Crippen molar-refractivity contribution in [3.8, 4) is 0 Å². The maximum atomic E-state index is 12.4. The Kier molecular flexibility index (Phi) is 3.31. The molecule has 1 aliphatic rings. The molecule has 0 atom stereocenters. The molecule has 5 rings (SSSR count). The first kappa shape index (κ1) is 14.6. The Hall–Kier alpha value is -2.73. The van der Waals surface area contributed by atoms with Gasteiger partial charge in [0, 0.05) is 16.9 Å². The second kappa shape index (κ2) is 5.67. The third-order valence-electron chi connectivity index (χ3n) is 4.50. The van der Waals surface area contributed by atoms with Crippen molar-refractivity contribution in [3.05, 3.63) is 53.2 Å². The lowest BCUT2D eigenvalue weighted by molar-refractivity contribution is -0.115. The molecule has 5 nitrogen and oxygen atoms in total. The van der Waals surface area contributed by atoms with Crippen LogP contribution < -0.4 is 5.32 Å². The van der Waals surface area contributed by atoms with E-state index in [9.17, 15) is 4.79 Å². The Balaban J connectivity index is 1.42. The van der Waals surface area contributed by atoms with Gasteiger partial charge in [0.25, 0.3) is 0 Å². The third-order valence-corrected chi connectivity index (χ3v) is 5.51. The van der Waals surface area contributed by atoms with Gasteiger partial charge in [-0.3, -0.25) is 4.79 Å². The van der Waals surface area contributed by atoms with Crippen molar-refractivity contribution < 1.29 is 9.21 Å². The Labute approximate surface area is 147 Å². The van der Waals surface area contributed by atoms with E-state index < -0.39 is 0 Å². The zero-order chi connectivity index (χ0) is 16.8. The van der Waals surface area contributed by atoms with Crippen LogP contribution in [0.4, 0.5) is 5.13 Å². The fourth-order valence-corrected chi connectivity index (χ4v) is 4.05. The molecule has 0 unspecified atom stereocenters. The Morgan fingerprint density at radius 1 is 1.20 bits per heavy atom. The Morgan fingerprint density at radius 3 is 2.96 bits per heavy atom. The number of amides is 1. The van der Waals surface area contributed by atoms with Gasteiger partial charge in [-0.2, -0.15) is 0 Å². The van der Waals surface area contributed by atoms with Gasteiger partial charge in [-0.05, 0) is 29.7 Å². The van der Waals surface area contributed by atoms with E-state index in [-0.39, 0.29) is 12.3 Å². The molecule has 0 aliphatic heterocycles. The molecule has 1 saturated carbocycles. The molecule has 4 aromatic rings. The number of rotatable bonds is 4. The SMILES string of the molecule is O=C(Cc1coc2ccc3ccccc3c12)Nc1nnc(C2CC2)s1. The molecule has 1 amide bonds. The highest BCUT2D eigenvalue weighted by atomic mass is 32.1. The Bertz CT molecular complexity index is 1090. The molecular formula is C19H15N3O2S. The van der Waals surface area contributed by atoms with Crippen molar-refractivity contribution >= 4 is 44.1 Å². The minimum atomic E-state index is -0.103. The predicted octanol–water partition coefficient (Wildman–Crippen LogP) is 4.50. The summed E-state index contributed by atoms with van der Waals surface area (Å²) in [6.07, 6.45) is 4.28. The molecule has 2 aromatic heterocycles. The largest absolute Gasteiger partial charge is 0.464 e. The molecule has 1 fully saturated rings. The lowest BCUT2D eigenvalue weighted by Gasteiger charge is -2.02. The number of aromatic nitrogens is 2. The van der Waals surface area contributed by atoms with E-state index in [0.717, 1.165) is 32.3 Å². The van der Waals surface area contributed by atoms with E-state index in [4.69, 9.17) is 4.42 Å². The summed E-state index contributed by atoms with van der Waals surface area (Å²) in [5.74, 6) is 0.446. The third kappa shape index (κ3) is 2.68. The first-order valence-electron chi connectivity index (χ1n) is 8.29. The predicted molar refractivity (Wildman–Crippen MR) is 97.9 cm³/mol. The van der Waals surface area contributed by atoms with E-state index in [1.807, 2.05) is 24.3 Å². The van der Waals surface area contributed by atoms with Crippen LogP contribution in [0.2, 0.25) is 0 Å². The summed E-state index contributed by atoms with van der Waals surface area (Å²) in [6, 6.07) is 12.1. The molecule has 6 heteroatoms. The van der Waals surface area contributed by atoms with Gasteiger partial charge in [-0.25, -0.2) is 0 Å². The summed E-state index contributed by atoms with van der Waals surface area (Å²) in [5.41, 5.74) is 1.68. The van der Waals surface area contributed by atoms with Crippen LogP contribution in [0.25, 0.3) is 21.7 Å². The fourth-order valence-electron chi connectivity index (χ4n) is 3.12. The van der Waals surface area contributed by atoms with E-state index in [2.05, 4.69) is 27.6 Å². The van der Waals surface area contributed by atoms with Crippen molar-refractivity contribution in [2.45, 2.75) is 25.2 Å². The quantitative estimate of drug-likeness (QED) is 0.589. The number of carbonyl (C=O) groups is 1. The summed E-state index contributed by atoms with van der Waals surface area (Å²) < 4.78 is 5.65. The zero-order valence-electron chi connectivity index (χ0n) is 13.4. The molecule has 25 heavy (non-hydrogen) atoms. The van der Waals surface area contributed by atoms with Gasteiger partial charge in [0.15, 0.2) is 0 Å². The minimum Gasteiger partial charge on any atom is -0.464 e. The van der Waals surface area contributed by atoms with Gasteiger partial charge in [0.2, 0.25) is 11.0 Å². The summed E-state index contributed by atoms with van der Waals surface area (Å²) in [7, 11) is 0. The molecule has 1 N–H and O–H groups in total. The number of carbonyl (C=O) groups excluding carboxylic acids is 1. The van der Waals surface area contributed by atoms with E-state index in [0.29, 0.717) is 11.0 Å². The standard InChI is InChI=1S/C19H15N3O2S/c23-16(20-19-22-21-18(25-19)12-5-6-12)9-13-10-24-15-8-7-11-3-1-2-4-14(11)17(13)15/h1-4,7-8,10,12H,5-6,9H2,(H,20,22,23). The Morgan fingerprint density at radius 2 is 2.08 bits per heavy atom. The molecule has 2 heterocycles. The van der Waals surface area contributed by atoms with Gasteiger partial charge in [0.1, 0.15) is 10.6 Å². The van der Waals surface area contributed by atoms with Crippen LogP contribution in [-0.2, 0) is 11.2 Å². The molecule has 0 spiro atoms. The first-order chi connectivity index (χ1) is 12.3. The highest BCUT2D eigenvalue weighted by Crippen LogP contribution is 2.42. The first-order valence-corrected chi connectivity index (χ1v) is 9.10. The van der Waals surface area contributed by atoms with Gasteiger partial charge in [-0.15, -0.1) is 10.2 Å². The number of nitrogens with zero attached hydrogens (tertiary/aromatic N) is 2. The topological polar surface area (TPSA) is 68.0 Å². The average molecular weight is 349 g/mol. The van der Waals surface area contributed by atoms with E-state index in [1.165, 1.54) is 24.2 Å². The van der Waals surface area contributed by atoms with Gasteiger partial charge in [0.05, 0.1) is 12.7 Å². The summed E-state index contributed by atoms with van der Waals surface area (Å²) in [5, 5.41) is 15.9. The number of furan rings is 1. The van der Waals surface area contributed by atoms with Crippen molar-refractivity contribution in [2.24, 2.45) is 0 Å². The maximum absolute atomic E-state index is 12.4. The second-order valence-corrected chi connectivity index (χ2v) is 7.37. The highest BCUT2D eigenvalue weighted by Gasteiger charge is 2.27. The van der Waals surface area contributed by atoms with Crippen LogP contribution >= 0.6 is 11.3 Å². The normalized spacial score (nSPS) is 14.2. The number of nitrogens with one attached hydrogen (secondary N) is 1. The number of hydrogen-bond donors (Lipinski definition) is 1. The number of benzene rings is 2. The lowest BCUT2D eigenvalue weighted by Crippen LogP contribution is -2.14. The fraction of sp³-hybridized carbons (Fsp3) is 0.211. The molecule has 0 bridgehead atoms. The highest BCUT2D eigenvalue weighted by molar-refractivity contribution is 7.15. The number of fused-ring (bicyclic) bond motifs is 3. The molecule has 2 aromatic carbocycles. The van der Waals surface area contributed by atoms with Crippen LogP contribution in [0.15, 0.2) is 47.1 Å². The smallest absolute Gasteiger partial charge is 0.230 e. The number of hydrogen-bond acceptors (Lipinski definition) is 5. The van der Waals surface area contributed by atoms with Gasteiger partial charge >= 0.3 is 0 Å². The summed E-state index contributed by atoms with van der Waals surface area (Å²) >= 11 is 1.47. The van der Waals surface area contributed by atoms with E-state index in [1.54, 1.807) is 6.26 Å². The van der Waals surface area contributed by atoms with Gasteiger partial charge < -0.3 is 9.73 Å². The van der Waals surface area contributed by atoms with Crippen LogP contribution in [0.3, 0.4) is 0 Å². The lowest BCUT2D eigenvalue weighted by atomic mass is 10.0. The van der Waals surface area contributed by atoms with Crippen LogP contribution in [0, 0.1) is 0 Å². The van der Waals surface area contributed by atoms with Crippen LogP contribution in [0.5, 0.6) is 0 Å². The van der Waals surface area contributed by atoms with Crippen LogP contribution in [0.1, 0.15) is 29.3 Å². The maximum Gasteiger partial charge on any atom is 0.230 e. The van der Waals surface area contributed by atoms with Crippen molar-refractivity contribution in [1.29, 1.82) is 0 Å². The average Bonchev–Trinajstić information content (AvgIpc) is 3.24. The monoisotopic (exact) mass is 349 g/mol. The molecule has 0 saturated heterocycles. The molecular weight excluding hydrogens is 334 g/mol. The van der Waals surface area contributed by atoms with Crippen molar-refractivity contribution in [1.82, 2.24) is 10.2 Å². The molecule has 124 valence electrons. The minimum absolute atomic E-state index is 0.103. The second-order valence-electron chi connectivity index (χ2n) is 6.37. The number of anilines is 1. The zero-order valence-corrected chi connectivity index (χ0v) is 14.2. The molecule has 1 aliphatic carbocycles. The summed E-state index contributed by atoms with van der Waals surface area (Å²) in [6.45, 7) is 0. The summed E-state index contributed by atoms with van der Waals surface area (Å²) in [4.78, 5) is 12.4. The van der Waals surface area contributed by atoms with Gasteiger partial charge in [-0.1, -0.05) is 41.7 Å². The van der Waals surface area contributed by atoms with Crippen molar-refractivity contribution in [2.75, 3.05) is 5.32 Å². The van der Waals surface area contributed by atoms with E-state index >= 15 is 0 Å². The molecule has 0 radical (unpaired) electrons. The van der Waals surface area contributed by atoms with Crippen LogP contribution in [-0.4, -0.2) is 16.1 Å². The van der Waals surface area contributed by atoms with Crippen molar-refractivity contribution in [3.63, 3.8) is 0 Å².